The van der Waals surface area contributed by atoms with Crippen LogP contribution in [0.2, 0.25) is 0 Å². The molecule has 1 atom stereocenters. The van der Waals surface area contributed by atoms with Crippen molar-refractivity contribution in [2.45, 2.75) is 44.6 Å². The Bertz CT molecular complexity index is 831. The number of piperidine rings is 1. The van der Waals surface area contributed by atoms with Gasteiger partial charge in [0.25, 0.3) is 0 Å². The van der Waals surface area contributed by atoms with E-state index in [0.717, 1.165) is 48.3 Å². The summed E-state index contributed by atoms with van der Waals surface area (Å²) in [5.74, 6) is -0.0178. The fraction of sp³-hybridized carbons (Fsp3) is 0.579. The summed E-state index contributed by atoms with van der Waals surface area (Å²) in [4.78, 5) is 35.8. The Morgan fingerprint density at radius 3 is 2.74 bits per heavy atom. The summed E-state index contributed by atoms with van der Waals surface area (Å²) in [5.41, 5.74) is 0. The minimum absolute atomic E-state index is 0.0559. The maximum absolute atomic E-state index is 12.8. The first kappa shape index (κ1) is 18.2. The van der Waals surface area contributed by atoms with Crippen LogP contribution in [0.25, 0.3) is 10.2 Å². The largest absolute Gasteiger partial charge is 0.481 e. The summed E-state index contributed by atoms with van der Waals surface area (Å²) in [6.45, 7) is 1.56. The number of rotatable bonds is 4. The lowest BCUT2D eigenvalue weighted by Crippen LogP contribution is -2.47. The van der Waals surface area contributed by atoms with Gasteiger partial charge in [-0.05, 0) is 50.0 Å². The number of nitrogens with zero attached hydrogens (tertiary/aromatic N) is 3. The van der Waals surface area contributed by atoms with Crippen molar-refractivity contribution in [1.82, 2.24) is 15.3 Å². The van der Waals surface area contributed by atoms with Crippen LogP contribution < -0.4 is 10.2 Å². The van der Waals surface area contributed by atoms with Crippen LogP contribution in [-0.4, -0.2) is 46.1 Å². The molecule has 27 heavy (non-hydrogen) atoms. The van der Waals surface area contributed by atoms with Crippen LogP contribution in [0.1, 0.15) is 38.5 Å². The number of hydrogen-bond acceptors (Lipinski definition) is 6. The van der Waals surface area contributed by atoms with Gasteiger partial charge in [-0.3, -0.25) is 9.59 Å². The predicted octanol–water partition coefficient (Wildman–Crippen LogP) is 2.67. The van der Waals surface area contributed by atoms with Crippen molar-refractivity contribution in [1.29, 1.82) is 0 Å². The summed E-state index contributed by atoms with van der Waals surface area (Å²) in [6, 6.07) is 2.14. The number of carboxylic acid groups (broad SMARTS) is 1. The molecule has 2 N–H and O–H groups in total. The van der Waals surface area contributed by atoms with Gasteiger partial charge in [0.15, 0.2) is 0 Å². The maximum atomic E-state index is 12.8. The minimum atomic E-state index is -0.715. The van der Waals surface area contributed by atoms with E-state index in [1.807, 2.05) is 11.4 Å². The SMILES string of the molecule is O=C(O)C1CCC(NC(=O)C2CCCN(c3ncnc4sccc34)C2)CC1. The van der Waals surface area contributed by atoms with Gasteiger partial charge >= 0.3 is 5.97 Å². The number of anilines is 1. The molecule has 0 aromatic carbocycles. The Kier molecular flexibility index (Phi) is 5.24. The fourth-order valence-corrected chi connectivity index (χ4v) is 4.94. The van der Waals surface area contributed by atoms with E-state index in [1.54, 1.807) is 17.7 Å². The molecule has 1 aliphatic heterocycles. The highest BCUT2D eigenvalue weighted by Gasteiger charge is 2.31. The number of carbonyl (C=O) groups is 2. The first-order valence-electron chi connectivity index (χ1n) is 9.58. The van der Waals surface area contributed by atoms with E-state index in [9.17, 15) is 9.59 Å². The van der Waals surface area contributed by atoms with E-state index in [0.29, 0.717) is 19.4 Å². The normalized spacial score (nSPS) is 26.1. The third-order valence-corrected chi connectivity index (χ3v) is 6.58. The molecule has 7 nitrogen and oxygen atoms in total. The second-order valence-electron chi connectivity index (χ2n) is 7.52. The minimum Gasteiger partial charge on any atom is -0.481 e. The molecule has 144 valence electrons. The van der Waals surface area contributed by atoms with E-state index in [2.05, 4.69) is 20.2 Å². The number of amides is 1. The van der Waals surface area contributed by atoms with Crippen LogP contribution in [0, 0.1) is 11.8 Å². The highest BCUT2D eigenvalue weighted by atomic mass is 32.1. The Hall–Kier alpha value is -2.22. The van der Waals surface area contributed by atoms with Gasteiger partial charge < -0.3 is 15.3 Å². The van der Waals surface area contributed by atoms with Gasteiger partial charge in [0.1, 0.15) is 17.0 Å². The molecule has 2 fully saturated rings. The quantitative estimate of drug-likeness (QED) is 0.836. The highest BCUT2D eigenvalue weighted by molar-refractivity contribution is 7.16. The average Bonchev–Trinajstić information content (AvgIpc) is 3.17. The van der Waals surface area contributed by atoms with Crippen molar-refractivity contribution in [3.63, 3.8) is 0 Å². The summed E-state index contributed by atoms with van der Waals surface area (Å²) < 4.78 is 0. The molecular formula is C19H24N4O3S. The Labute approximate surface area is 161 Å². The molecule has 1 aliphatic carbocycles. The summed E-state index contributed by atoms with van der Waals surface area (Å²) in [6.07, 6.45) is 6.23. The third kappa shape index (κ3) is 3.90. The van der Waals surface area contributed by atoms with Crippen LogP contribution in [0.3, 0.4) is 0 Å². The van der Waals surface area contributed by atoms with E-state index in [-0.39, 0.29) is 23.8 Å². The smallest absolute Gasteiger partial charge is 0.306 e. The van der Waals surface area contributed by atoms with Crippen molar-refractivity contribution in [2.24, 2.45) is 11.8 Å². The molecule has 0 spiro atoms. The Morgan fingerprint density at radius 2 is 1.96 bits per heavy atom. The van der Waals surface area contributed by atoms with Crippen molar-refractivity contribution in [2.75, 3.05) is 18.0 Å². The zero-order valence-electron chi connectivity index (χ0n) is 15.1. The van der Waals surface area contributed by atoms with Crippen LogP contribution in [0.4, 0.5) is 5.82 Å². The Balaban J connectivity index is 1.38. The number of thiophene rings is 1. The predicted molar refractivity (Wildman–Crippen MR) is 104 cm³/mol. The monoisotopic (exact) mass is 388 g/mol. The maximum Gasteiger partial charge on any atom is 0.306 e. The zero-order valence-corrected chi connectivity index (χ0v) is 16.0. The standard InChI is InChI=1S/C19H24N4O3S/c24-17(22-14-5-3-12(4-6-14)19(25)26)13-2-1-8-23(10-13)16-15-7-9-27-18(15)21-11-20-16/h7,9,11-14H,1-6,8,10H2,(H,22,24)(H,25,26). The lowest BCUT2D eigenvalue weighted by Gasteiger charge is -2.34. The van der Waals surface area contributed by atoms with Crippen LogP contribution in [0.15, 0.2) is 17.8 Å². The number of aliphatic carboxylic acids is 1. The number of carboxylic acids is 1. The number of carbonyl (C=O) groups excluding carboxylic acids is 1. The van der Waals surface area contributed by atoms with Crippen molar-refractivity contribution in [3.8, 4) is 0 Å². The molecular weight excluding hydrogens is 364 g/mol. The van der Waals surface area contributed by atoms with E-state index >= 15 is 0 Å². The molecule has 1 amide bonds. The van der Waals surface area contributed by atoms with Gasteiger partial charge in [-0.1, -0.05) is 0 Å². The summed E-state index contributed by atoms with van der Waals surface area (Å²) in [5, 5.41) is 15.3. The first-order valence-corrected chi connectivity index (χ1v) is 10.5. The highest BCUT2D eigenvalue weighted by Crippen LogP contribution is 2.30. The molecule has 1 saturated heterocycles. The summed E-state index contributed by atoms with van der Waals surface area (Å²) >= 11 is 1.60. The first-order chi connectivity index (χ1) is 13.1. The molecule has 3 heterocycles. The second-order valence-corrected chi connectivity index (χ2v) is 8.41. The molecule has 2 aromatic heterocycles. The number of nitrogens with one attached hydrogen (secondary N) is 1. The lowest BCUT2D eigenvalue weighted by molar-refractivity contribution is -0.142. The van der Waals surface area contributed by atoms with Crippen LogP contribution >= 0.6 is 11.3 Å². The van der Waals surface area contributed by atoms with E-state index in [4.69, 9.17) is 5.11 Å². The molecule has 2 aromatic rings. The third-order valence-electron chi connectivity index (χ3n) is 5.76. The van der Waals surface area contributed by atoms with Crippen LogP contribution in [-0.2, 0) is 9.59 Å². The molecule has 1 unspecified atom stereocenters. The molecule has 0 radical (unpaired) electrons. The second kappa shape index (κ2) is 7.80. The summed E-state index contributed by atoms with van der Waals surface area (Å²) in [7, 11) is 0. The van der Waals surface area contributed by atoms with Gasteiger partial charge in [-0.2, -0.15) is 0 Å². The molecule has 2 aliphatic rings. The van der Waals surface area contributed by atoms with Crippen molar-refractivity contribution < 1.29 is 14.7 Å². The molecule has 1 saturated carbocycles. The average molecular weight is 388 g/mol. The number of fused-ring (bicyclic) bond motifs is 1. The van der Waals surface area contributed by atoms with E-state index in [1.165, 1.54) is 0 Å². The molecule has 8 heteroatoms. The van der Waals surface area contributed by atoms with E-state index < -0.39 is 5.97 Å². The van der Waals surface area contributed by atoms with Crippen LogP contribution in [0.5, 0.6) is 0 Å². The van der Waals surface area contributed by atoms with Gasteiger partial charge in [0.05, 0.1) is 17.2 Å². The van der Waals surface area contributed by atoms with Gasteiger partial charge in [0, 0.05) is 19.1 Å². The van der Waals surface area contributed by atoms with Gasteiger partial charge in [0.2, 0.25) is 5.91 Å². The molecule has 0 bridgehead atoms. The Morgan fingerprint density at radius 1 is 1.15 bits per heavy atom. The topological polar surface area (TPSA) is 95.4 Å². The number of hydrogen-bond donors (Lipinski definition) is 2. The number of aromatic nitrogens is 2. The zero-order chi connectivity index (χ0) is 18.8. The molecule has 4 rings (SSSR count). The lowest BCUT2D eigenvalue weighted by atomic mass is 9.85. The van der Waals surface area contributed by atoms with Gasteiger partial charge in [-0.25, -0.2) is 9.97 Å². The van der Waals surface area contributed by atoms with Crippen molar-refractivity contribution in [3.05, 3.63) is 17.8 Å². The fourth-order valence-electron chi connectivity index (χ4n) is 4.22. The van der Waals surface area contributed by atoms with Crippen molar-refractivity contribution >= 4 is 39.2 Å². The van der Waals surface area contributed by atoms with Gasteiger partial charge in [-0.15, -0.1) is 11.3 Å².